The summed E-state index contributed by atoms with van der Waals surface area (Å²) >= 11 is 1.54. The van der Waals surface area contributed by atoms with Crippen molar-refractivity contribution in [2.24, 2.45) is 0 Å². The van der Waals surface area contributed by atoms with E-state index in [-0.39, 0.29) is 6.42 Å². The highest BCUT2D eigenvalue weighted by Gasteiger charge is 2.27. The van der Waals surface area contributed by atoms with Crippen molar-refractivity contribution in [2.45, 2.75) is 32.2 Å². The molecule has 1 fully saturated rings. The second-order valence-corrected chi connectivity index (χ2v) is 5.17. The highest BCUT2D eigenvalue weighted by molar-refractivity contribution is 7.11. The second kappa shape index (κ2) is 4.93. The van der Waals surface area contributed by atoms with Gasteiger partial charge in [0.05, 0.1) is 12.5 Å². The third kappa shape index (κ3) is 2.41. The van der Waals surface area contributed by atoms with E-state index in [9.17, 15) is 4.79 Å². The van der Waals surface area contributed by atoms with Crippen LogP contribution < -0.4 is 0 Å². The van der Waals surface area contributed by atoms with Gasteiger partial charge in [0.2, 0.25) is 0 Å². The molecular weight excluding hydrogens is 224 g/mol. The Morgan fingerprint density at radius 2 is 2.56 bits per heavy atom. The molecule has 1 unspecified atom stereocenters. The van der Waals surface area contributed by atoms with Gasteiger partial charge in [-0.15, -0.1) is 11.3 Å². The maximum absolute atomic E-state index is 10.6. The molecule has 1 atom stereocenters. The van der Waals surface area contributed by atoms with Crippen molar-refractivity contribution in [3.63, 3.8) is 0 Å². The van der Waals surface area contributed by atoms with Crippen LogP contribution in [0.4, 0.5) is 0 Å². The molecule has 0 aromatic carbocycles. The van der Waals surface area contributed by atoms with Gasteiger partial charge >= 0.3 is 5.97 Å². The van der Waals surface area contributed by atoms with Crippen LogP contribution in [0.25, 0.3) is 0 Å². The van der Waals surface area contributed by atoms with Gasteiger partial charge in [-0.05, 0) is 25.9 Å². The van der Waals surface area contributed by atoms with Crippen LogP contribution >= 0.6 is 11.3 Å². The standard InChI is InChI=1S/C11H16N2O2S/c1-2-13-5-3-4-9(13)11-12-7-8(16-11)6-10(14)15/h7,9H,2-6H2,1H3,(H,14,15). The van der Waals surface area contributed by atoms with E-state index >= 15 is 0 Å². The first-order valence-corrected chi connectivity index (χ1v) is 6.42. The van der Waals surface area contributed by atoms with Crippen LogP contribution in [0.5, 0.6) is 0 Å². The van der Waals surface area contributed by atoms with E-state index in [4.69, 9.17) is 5.11 Å². The molecule has 0 bridgehead atoms. The molecule has 0 amide bonds. The number of aromatic nitrogens is 1. The Morgan fingerprint density at radius 3 is 3.25 bits per heavy atom. The Balaban J connectivity index is 2.09. The van der Waals surface area contributed by atoms with E-state index in [1.807, 2.05) is 0 Å². The average Bonchev–Trinajstić information content (AvgIpc) is 2.83. The lowest BCUT2D eigenvalue weighted by Crippen LogP contribution is -2.22. The normalized spacial score (nSPS) is 21.4. The van der Waals surface area contributed by atoms with E-state index in [2.05, 4.69) is 16.8 Å². The molecule has 1 aromatic rings. The summed E-state index contributed by atoms with van der Waals surface area (Å²) in [6, 6.07) is 0.414. The first kappa shape index (κ1) is 11.5. The summed E-state index contributed by atoms with van der Waals surface area (Å²) in [6.07, 6.45) is 4.16. The van der Waals surface area contributed by atoms with Crippen LogP contribution in [-0.2, 0) is 11.2 Å². The molecule has 0 aliphatic carbocycles. The molecule has 88 valence electrons. The number of carboxylic acids is 1. The minimum Gasteiger partial charge on any atom is -0.481 e. The fourth-order valence-electron chi connectivity index (χ4n) is 2.19. The highest BCUT2D eigenvalue weighted by Crippen LogP contribution is 2.33. The average molecular weight is 240 g/mol. The second-order valence-electron chi connectivity index (χ2n) is 4.02. The summed E-state index contributed by atoms with van der Waals surface area (Å²) < 4.78 is 0. The SMILES string of the molecule is CCN1CCCC1c1ncc(CC(=O)O)s1. The smallest absolute Gasteiger partial charge is 0.308 e. The van der Waals surface area contributed by atoms with Crippen molar-refractivity contribution in [1.29, 1.82) is 0 Å². The summed E-state index contributed by atoms with van der Waals surface area (Å²) in [5.41, 5.74) is 0. The fourth-order valence-corrected chi connectivity index (χ4v) is 3.27. The number of carboxylic acid groups (broad SMARTS) is 1. The Bertz CT molecular complexity index is 378. The lowest BCUT2D eigenvalue weighted by atomic mass is 10.2. The number of thiazole rings is 1. The summed E-state index contributed by atoms with van der Waals surface area (Å²) in [5, 5.41) is 9.79. The van der Waals surface area contributed by atoms with Gasteiger partial charge < -0.3 is 5.11 Å². The number of hydrogen-bond donors (Lipinski definition) is 1. The third-order valence-electron chi connectivity index (χ3n) is 2.95. The monoisotopic (exact) mass is 240 g/mol. The predicted octanol–water partition coefficient (Wildman–Crippen LogP) is 1.93. The van der Waals surface area contributed by atoms with Gasteiger partial charge in [-0.2, -0.15) is 0 Å². The van der Waals surface area contributed by atoms with Gasteiger partial charge in [0, 0.05) is 11.1 Å². The molecule has 16 heavy (non-hydrogen) atoms. The first-order valence-electron chi connectivity index (χ1n) is 5.61. The summed E-state index contributed by atoms with van der Waals surface area (Å²) in [6.45, 7) is 4.33. The topological polar surface area (TPSA) is 53.4 Å². The van der Waals surface area contributed by atoms with Crippen LogP contribution in [-0.4, -0.2) is 34.0 Å². The van der Waals surface area contributed by atoms with E-state index < -0.39 is 5.97 Å². The number of nitrogens with zero attached hydrogens (tertiary/aromatic N) is 2. The molecule has 1 N–H and O–H groups in total. The lowest BCUT2D eigenvalue weighted by molar-refractivity contribution is -0.136. The summed E-state index contributed by atoms with van der Waals surface area (Å²) in [5.74, 6) is -0.783. The van der Waals surface area contributed by atoms with Crippen molar-refractivity contribution >= 4 is 17.3 Å². The maximum Gasteiger partial charge on any atom is 0.308 e. The van der Waals surface area contributed by atoms with Gasteiger partial charge in [-0.1, -0.05) is 6.92 Å². The molecule has 1 aromatic heterocycles. The first-order chi connectivity index (χ1) is 7.70. The number of hydrogen-bond acceptors (Lipinski definition) is 4. The minimum absolute atomic E-state index is 0.0938. The van der Waals surface area contributed by atoms with Crippen LogP contribution in [0, 0.1) is 0 Å². The Morgan fingerprint density at radius 1 is 1.75 bits per heavy atom. The van der Waals surface area contributed by atoms with Gasteiger partial charge in [0.25, 0.3) is 0 Å². The number of rotatable bonds is 4. The molecule has 2 heterocycles. The van der Waals surface area contributed by atoms with E-state index in [1.54, 1.807) is 17.5 Å². The molecule has 2 rings (SSSR count). The van der Waals surface area contributed by atoms with E-state index in [0.29, 0.717) is 6.04 Å². The minimum atomic E-state index is -0.783. The Kier molecular flexibility index (Phi) is 3.56. The summed E-state index contributed by atoms with van der Waals surface area (Å²) in [4.78, 5) is 18.2. The predicted molar refractivity (Wildman–Crippen MR) is 62.7 cm³/mol. The number of carbonyl (C=O) groups is 1. The van der Waals surface area contributed by atoms with E-state index in [1.165, 1.54) is 6.42 Å². The van der Waals surface area contributed by atoms with Gasteiger partial charge in [0.15, 0.2) is 0 Å². The van der Waals surface area contributed by atoms with Crippen LogP contribution in [0.1, 0.15) is 35.7 Å². The van der Waals surface area contributed by atoms with Crippen molar-refractivity contribution in [3.8, 4) is 0 Å². The van der Waals surface area contributed by atoms with Crippen molar-refractivity contribution in [2.75, 3.05) is 13.1 Å². The zero-order chi connectivity index (χ0) is 11.5. The number of likely N-dealkylation sites (tertiary alicyclic amines) is 1. The molecule has 1 aliphatic heterocycles. The van der Waals surface area contributed by atoms with Crippen LogP contribution in [0.2, 0.25) is 0 Å². The van der Waals surface area contributed by atoms with Crippen molar-refractivity contribution in [3.05, 3.63) is 16.1 Å². The van der Waals surface area contributed by atoms with E-state index in [0.717, 1.165) is 29.4 Å². The maximum atomic E-state index is 10.6. The zero-order valence-electron chi connectivity index (χ0n) is 9.35. The molecule has 1 saturated heterocycles. The van der Waals surface area contributed by atoms with Crippen molar-refractivity contribution < 1.29 is 9.90 Å². The van der Waals surface area contributed by atoms with Gasteiger partial charge in [-0.25, -0.2) is 4.98 Å². The Hall–Kier alpha value is -0.940. The molecule has 0 spiro atoms. The quantitative estimate of drug-likeness (QED) is 0.873. The van der Waals surface area contributed by atoms with Crippen molar-refractivity contribution in [1.82, 2.24) is 9.88 Å². The molecule has 0 saturated carbocycles. The highest BCUT2D eigenvalue weighted by atomic mass is 32.1. The third-order valence-corrected chi connectivity index (χ3v) is 4.05. The lowest BCUT2D eigenvalue weighted by Gasteiger charge is -2.20. The molecule has 5 heteroatoms. The van der Waals surface area contributed by atoms with Crippen LogP contribution in [0.3, 0.4) is 0 Å². The fraction of sp³-hybridized carbons (Fsp3) is 0.636. The summed E-state index contributed by atoms with van der Waals surface area (Å²) in [7, 11) is 0. The molecule has 1 aliphatic rings. The van der Waals surface area contributed by atoms with Crippen LogP contribution in [0.15, 0.2) is 6.20 Å². The Labute approximate surface area is 98.9 Å². The molecule has 0 radical (unpaired) electrons. The largest absolute Gasteiger partial charge is 0.481 e. The molecular formula is C11H16N2O2S. The van der Waals surface area contributed by atoms with Gasteiger partial charge in [0.1, 0.15) is 5.01 Å². The number of aliphatic carboxylic acids is 1. The van der Waals surface area contributed by atoms with Gasteiger partial charge in [-0.3, -0.25) is 9.69 Å². The molecule has 4 nitrogen and oxygen atoms in total. The zero-order valence-corrected chi connectivity index (χ0v) is 10.2.